The molecule has 0 atom stereocenters. The quantitative estimate of drug-likeness (QED) is 0.373. The lowest BCUT2D eigenvalue weighted by Gasteiger charge is -2.24. The summed E-state index contributed by atoms with van der Waals surface area (Å²) in [7, 11) is 3.74. The van der Waals surface area contributed by atoms with Crippen molar-refractivity contribution in [2.45, 2.75) is 13.5 Å². The molecule has 0 aliphatic heterocycles. The fraction of sp³-hybridized carbons (Fsp3) is 0.250. The molecule has 0 radical (unpaired) electrons. The molecule has 0 saturated heterocycles. The third-order valence-electron chi connectivity index (χ3n) is 5.18. The van der Waals surface area contributed by atoms with Gasteiger partial charge in [0.1, 0.15) is 5.69 Å². The average Bonchev–Trinajstić information content (AvgIpc) is 2.81. The Labute approximate surface area is 196 Å². The zero-order chi connectivity index (χ0) is 24.8. The largest absolute Gasteiger partial charge is 0.332 e. The van der Waals surface area contributed by atoms with E-state index in [0.29, 0.717) is 24.3 Å². The summed E-state index contributed by atoms with van der Waals surface area (Å²) in [6, 6.07) is 16.1. The SMILES string of the molecule is Cc1cc(=O)c(C(=O)N(CCN(C)C)Cc2ccc(C#N)cc2)nn1-c1ccccc1[N+](=O)[O-]. The van der Waals surface area contributed by atoms with Crippen LogP contribution in [-0.4, -0.2) is 57.6 Å². The smallest absolute Gasteiger partial charge is 0.294 e. The number of rotatable bonds is 8. The molecule has 10 heteroatoms. The minimum Gasteiger partial charge on any atom is -0.332 e. The summed E-state index contributed by atoms with van der Waals surface area (Å²) in [6.07, 6.45) is 0. The van der Waals surface area contributed by atoms with Gasteiger partial charge >= 0.3 is 0 Å². The summed E-state index contributed by atoms with van der Waals surface area (Å²) in [6.45, 7) is 2.68. The van der Waals surface area contributed by atoms with Crippen molar-refractivity contribution in [3.05, 3.63) is 97.4 Å². The van der Waals surface area contributed by atoms with Gasteiger partial charge < -0.3 is 9.80 Å². The number of carbonyl (C=O) groups is 1. The molecular formula is C24H24N6O4. The Hall–Kier alpha value is -4.36. The van der Waals surface area contributed by atoms with Gasteiger partial charge in [0.05, 0.1) is 16.6 Å². The molecule has 0 aliphatic carbocycles. The molecule has 0 aliphatic rings. The number of hydrogen-bond acceptors (Lipinski definition) is 7. The first kappa shape index (κ1) is 24.3. The Balaban J connectivity index is 2.03. The zero-order valence-corrected chi connectivity index (χ0v) is 19.1. The Bertz CT molecular complexity index is 1310. The van der Waals surface area contributed by atoms with Crippen molar-refractivity contribution in [1.82, 2.24) is 19.6 Å². The summed E-state index contributed by atoms with van der Waals surface area (Å²) >= 11 is 0. The van der Waals surface area contributed by atoms with Crippen LogP contribution in [0.5, 0.6) is 0 Å². The van der Waals surface area contributed by atoms with E-state index >= 15 is 0 Å². The third kappa shape index (κ3) is 5.51. The van der Waals surface area contributed by atoms with E-state index in [0.717, 1.165) is 5.56 Å². The van der Waals surface area contributed by atoms with Crippen LogP contribution in [0.3, 0.4) is 0 Å². The van der Waals surface area contributed by atoms with E-state index in [1.165, 1.54) is 33.8 Å². The molecule has 1 amide bonds. The molecule has 1 heterocycles. The lowest BCUT2D eigenvalue weighted by atomic mass is 10.1. The summed E-state index contributed by atoms with van der Waals surface area (Å²) in [4.78, 5) is 40.6. The van der Waals surface area contributed by atoms with Crippen LogP contribution >= 0.6 is 0 Å². The summed E-state index contributed by atoms with van der Waals surface area (Å²) in [5.74, 6) is -0.580. The van der Waals surface area contributed by atoms with Crippen LogP contribution in [0.25, 0.3) is 5.69 Å². The summed E-state index contributed by atoms with van der Waals surface area (Å²) in [5.41, 5.74) is 0.735. The minimum absolute atomic E-state index is 0.158. The van der Waals surface area contributed by atoms with Crippen molar-refractivity contribution in [2.75, 3.05) is 27.2 Å². The fourth-order valence-corrected chi connectivity index (χ4v) is 3.37. The molecule has 10 nitrogen and oxygen atoms in total. The highest BCUT2D eigenvalue weighted by Gasteiger charge is 2.24. The first-order valence-corrected chi connectivity index (χ1v) is 10.5. The van der Waals surface area contributed by atoms with Crippen molar-refractivity contribution in [3.63, 3.8) is 0 Å². The van der Waals surface area contributed by atoms with Gasteiger partial charge in [0.15, 0.2) is 5.69 Å². The highest BCUT2D eigenvalue weighted by atomic mass is 16.6. The van der Waals surface area contributed by atoms with Gasteiger partial charge in [-0.25, -0.2) is 4.68 Å². The van der Waals surface area contributed by atoms with E-state index in [1.54, 1.807) is 37.3 Å². The molecule has 2 aromatic carbocycles. The van der Waals surface area contributed by atoms with E-state index in [2.05, 4.69) is 11.2 Å². The second kappa shape index (κ2) is 10.5. The maximum absolute atomic E-state index is 13.5. The number of hydrogen-bond donors (Lipinski definition) is 0. The van der Waals surface area contributed by atoms with Crippen LogP contribution in [0.2, 0.25) is 0 Å². The van der Waals surface area contributed by atoms with Gasteiger partial charge in [0, 0.05) is 37.5 Å². The number of benzene rings is 2. The van der Waals surface area contributed by atoms with Crippen LogP contribution in [0, 0.1) is 28.4 Å². The number of nitro groups is 1. The summed E-state index contributed by atoms with van der Waals surface area (Å²) < 4.78 is 1.25. The molecule has 0 N–H and O–H groups in total. The maximum atomic E-state index is 13.5. The molecule has 34 heavy (non-hydrogen) atoms. The number of amides is 1. The van der Waals surface area contributed by atoms with E-state index in [-0.39, 0.29) is 23.6 Å². The molecule has 0 bridgehead atoms. The van der Waals surface area contributed by atoms with Gasteiger partial charge in [-0.3, -0.25) is 19.7 Å². The van der Waals surface area contributed by atoms with Gasteiger partial charge in [-0.15, -0.1) is 0 Å². The van der Waals surface area contributed by atoms with E-state index < -0.39 is 16.3 Å². The number of nitriles is 1. The molecule has 0 spiro atoms. The molecule has 0 saturated carbocycles. The van der Waals surface area contributed by atoms with Gasteiger partial charge in [-0.2, -0.15) is 10.4 Å². The number of likely N-dealkylation sites (N-methyl/N-ethyl adjacent to an activating group) is 1. The summed E-state index contributed by atoms with van der Waals surface area (Å²) in [5, 5.41) is 24.8. The van der Waals surface area contributed by atoms with E-state index in [4.69, 9.17) is 5.26 Å². The van der Waals surface area contributed by atoms with Crippen molar-refractivity contribution in [3.8, 4) is 11.8 Å². The first-order chi connectivity index (χ1) is 16.2. The van der Waals surface area contributed by atoms with Crippen molar-refractivity contribution >= 4 is 11.6 Å². The number of carbonyl (C=O) groups excluding carboxylic acids is 1. The Morgan fingerprint density at radius 1 is 1.15 bits per heavy atom. The van der Waals surface area contributed by atoms with Crippen LogP contribution < -0.4 is 5.43 Å². The molecule has 3 rings (SSSR count). The minimum atomic E-state index is -0.580. The number of para-hydroxylation sites is 2. The predicted molar refractivity (Wildman–Crippen MR) is 126 cm³/mol. The monoisotopic (exact) mass is 460 g/mol. The maximum Gasteiger partial charge on any atom is 0.294 e. The second-order valence-electron chi connectivity index (χ2n) is 7.99. The Morgan fingerprint density at radius 3 is 2.44 bits per heavy atom. The second-order valence-corrected chi connectivity index (χ2v) is 7.99. The van der Waals surface area contributed by atoms with Gasteiger partial charge in [-0.1, -0.05) is 24.3 Å². The van der Waals surface area contributed by atoms with E-state index in [1.807, 2.05) is 19.0 Å². The highest BCUT2D eigenvalue weighted by Crippen LogP contribution is 2.22. The van der Waals surface area contributed by atoms with Crippen LogP contribution in [-0.2, 0) is 6.54 Å². The van der Waals surface area contributed by atoms with Crippen LogP contribution in [0.15, 0.2) is 59.4 Å². The number of aryl methyl sites for hydroxylation is 1. The molecule has 3 aromatic rings. The van der Waals surface area contributed by atoms with Crippen LogP contribution in [0.1, 0.15) is 27.3 Å². The molecule has 174 valence electrons. The topological polar surface area (TPSA) is 125 Å². The average molecular weight is 460 g/mol. The van der Waals surface area contributed by atoms with Gasteiger partial charge in [0.25, 0.3) is 11.6 Å². The number of aromatic nitrogens is 2. The first-order valence-electron chi connectivity index (χ1n) is 10.5. The lowest BCUT2D eigenvalue weighted by Crippen LogP contribution is -2.39. The standard InChI is InChI=1S/C24H24N6O4/c1-17-14-22(31)23(26-29(17)20-6-4-5-7-21(20)30(33)34)24(32)28(13-12-27(2)3)16-19-10-8-18(15-25)9-11-19/h4-11,14H,12-13,16H2,1-3H3. The van der Waals surface area contributed by atoms with Crippen molar-refractivity contribution in [1.29, 1.82) is 5.26 Å². The Morgan fingerprint density at radius 2 is 1.82 bits per heavy atom. The third-order valence-corrected chi connectivity index (χ3v) is 5.18. The number of nitrogens with zero attached hydrogens (tertiary/aromatic N) is 6. The Kier molecular flexibility index (Phi) is 7.50. The fourth-order valence-electron chi connectivity index (χ4n) is 3.37. The molecule has 0 fully saturated rings. The zero-order valence-electron chi connectivity index (χ0n) is 19.1. The molecular weight excluding hydrogens is 436 g/mol. The predicted octanol–water partition coefficient (Wildman–Crippen LogP) is 2.52. The molecule has 0 unspecified atom stereocenters. The van der Waals surface area contributed by atoms with Crippen LogP contribution in [0.4, 0.5) is 5.69 Å². The van der Waals surface area contributed by atoms with Crippen molar-refractivity contribution < 1.29 is 9.72 Å². The normalized spacial score (nSPS) is 10.7. The van der Waals surface area contributed by atoms with E-state index in [9.17, 15) is 19.7 Å². The van der Waals surface area contributed by atoms with Crippen molar-refractivity contribution in [2.24, 2.45) is 0 Å². The number of nitro benzene ring substituents is 1. The highest BCUT2D eigenvalue weighted by molar-refractivity contribution is 5.92. The van der Waals surface area contributed by atoms with Gasteiger partial charge in [-0.05, 0) is 44.8 Å². The lowest BCUT2D eigenvalue weighted by molar-refractivity contribution is -0.384. The molecule has 1 aromatic heterocycles. The van der Waals surface area contributed by atoms with Gasteiger partial charge in [0.2, 0.25) is 5.43 Å².